The molecule has 0 N–H and O–H groups in total. The average Bonchev–Trinajstić information content (AvgIpc) is 2.98. The van der Waals surface area contributed by atoms with Crippen LogP contribution in [0.15, 0.2) is 23.8 Å². The van der Waals surface area contributed by atoms with Crippen molar-refractivity contribution in [1.29, 1.82) is 0 Å². The third-order valence-corrected chi connectivity index (χ3v) is 4.19. The van der Waals surface area contributed by atoms with Crippen LogP contribution in [0.1, 0.15) is 32.0 Å². The number of pyridine rings is 1. The van der Waals surface area contributed by atoms with Gasteiger partial charge in [-0.3, -0.25) is 4.98 Å². The second-order valence-corrected chi connectivity index (χ2v) is 7.21. The van der Waals surface area contributed by atoms with Crippen LogP contribution in [0.5, 0.6) is 0 Å². The molecule has 3 rings (SSSR count). The Balaban J connectivity index is 1.80. The maximum absolute atomic E-state index is 12.2. The summed E-state index contributed by atoms with van der Waals surface area (Å²) in [7, 11) is 0. The predicted octanol–water partition coefficient (Wildman–Crippen LogP) is 3.50. The number of aromatic nitrogens is 2. The van der Waals surface area contributed by atoms with E-state index in [1.54, 1.807) is 22.4 Å². The highest BCUT2D eigenvalue weighted by Crippen LogP contribution is 2.26. The van der Waals surface area contributed by atoms with Gasteiger partial charge in [0.15, 0.2) is 0 Å². The number of carbonyl (C=O) groups is 1. The third-order valence-electron chi connectivity index (χ3n) is 3.37. The van der Waals surface area contributed by atoms with E-state index in [2.05, 4.69) is 16.0 Å². The summed E-state index contributed by atoms with van der Waals surface area (Å²) in [5.41, 5.74) is 2.66. The maximum Gasteiger partial charge on any atom is 0.410 e. The van der Waals surface area contributed by atoms with Crippen molar-refractivity contribution in [3.63, 3.8) is 0 Å². The van der Waals surface area contributed by atoms with Crippen LogP contribution in [0.25, 0.3) is 10.6 Å². The second kappa shape index (κ2) is 5.68. The lowest BCUT2D eigenvalue weighted by molar-refractivity contribution is 0.0223. The molecule has 0 aliphatic carbocycles. The molecule has 5 nitrogen and oxygen atoms in total. The van der Waals surface area contributed by atoms with Gasteiger partial charge in [-0.1, -0.05) is 0 Å². The number of rotatable bonds is 1. The molecule has 0 bridgehead atoms. The van der Waals surface area contributed by atoms with Crippen molar-refractivity contribution in [2.45, 2.75) is 39.3 Å². The Kier molecular flexibility index (Phi) is 3.87. The Morgan fingerprint density at radius 2 is 2.18 bits per heavy atom. The van der Waals surface area contributed by atoms with Gasteiger partial charge in [0.1, 0.15) is 10.6 Å². The Morgan fingerprint density at radius 3 is 2.86 bits per heavy atom. The first-order chi connectivity index (χ1) is 10.4. The van der Waals surface area contributed by atoms with E-state index in [4.69, 9.17) is 4.74 Å². The van der Waals surface area contributed by atoms with Crippen LogP contribution >= 0.6 is 11.3 Å². The molecular formula is C16H19N3O2S. The van der Waals surface area contributed by atoms with Gasteiger partial charge >= 0.3 is 6.09 Å². The van der Waals surface area contributed by atoms with Gasteiger partial charge in [-0.05, 0) is 32.4 Å². The minimum Gasteiger partial charge on any atom is -0.444 e. The molecule has 2 aromatic rings. The SMILES string of the molecule is CC(C)(C)OC(=O)N1CCc2ncc(-c3nccs3)cc2C1. The minimum atomic E-state index is -0.474. The lowest BCUT2D eigenvalue weighted by Gasteiger charge is -2.30. The van der Waals surface area contributed by atoms with Crippen molar-refractivity contribution in [3.8, 4) is 10.6 Å². The van der Waals surface area contributed by atoms with Crippen LogP contribution in [0.3, 0.4) is 0 Å². The number of thiazole rings is 1. The van der Waals surface area contributed by atoms with E-state index in [1.165, 1.54) is 0 Å². The second-order valence-electron chi connectivity index (χ2n) is 6.32. The molecule has 22 heavy (non-hydrogen) atoms. The lowest BCUT2D eigenvalue weighted by atomic mass is 10.0. The van der Waals surface area contributed by atoms with E-state index in [9.17, 15) is 4.79 Å². The van der Waals surface area contributed by atoms with Gasteiger partial charge in [0.05, 0.1) is 6.54 Å². The smallest absolute Gasteiger partial charge is 0.410 e. The summed E-state index contributed by atoms with van der Waals surface area (Å²) >= 11 is 1.59. The van der Waals surface area contributed by atoms with E-state index in [-0.39, 0.29) is 6.09 Å². The van der Waals surface area contributed by atoms with Gasteiger partial charge in [0, 0.05) is 42.0 Å². The molecule has 2 aromatic heterocycles. The fourth-order valence-electron chi connectivity index (χ4n) is 2.39. The Labute approximate surface area is 134 Å². The molecule has 1 amide bonds. The standard InChI is InChI=1S/C16H19N3O2S/c1-16(2,3)21-15(20)19-6-4-13-12(10-19)8-11(9-18-13)14-17-5-7-22-14/h5,7-9H,4,6,10H2,1-3H3. The highest BCUT2D eigenvalue weighted by Gasteiger charge is 2.26. The predicted molar refractivity (Wildman–Crippen MR) is 85.7 cm³/mol. The first-order valence-corrected chi connectivity index (χ1v) is 8.16. The van der Waals surface area contributed by atoms with E-state index in [0.29, 0.717) is 13.1 Å². The zero-order chi connectivity index (χ0) is 15.7. The summed E-state index contributed by atoms with van der Waals surface area (Å²) < 4.78 is 5.45. The van der Waals surface area contributed by atoms with Crippen molar-refractivity contribution in [2.24, 2.45) is 0 Å². The van der Waals surface area contributed by atoms with E-state index in [1.807, 2.05) is 32.3 Å². The number of hydrogen-bond acceptors (Lipinski definition) is 5. The number of hydrogen-bond donors (Lipinski definition) is 0. The van der Waals surface area contributed by atoms with Gasteiger partial charge in [0.2, 0.25) is 0 Å². The number of ether oxygens (including phenoxy) is 1. The summed E-state index contributed by atoms with van der Waals surface area (Å²) in [5, 5.41) is 2.90. The molecule has 1 aliphatic heterocycles. The van der Waals surface area contributed by atoms with Crippen molar-refractivity contribution in [2.75, 3.05) is 6.54 Å². The van der Waals surface area contributed by atoms with Crippen molar-refractivity contribution >= 4 is 17.4 Å². The summed E-state index contributed by atoms with van der Waals surface area (Å²) in [5.74, 6) is 0. The van der Waals surface area contributed by atoms with Crippen LogP contribution in [-0.2, 0) is 17.7 Å². The first-order valence-electron chi connectivity index (χ1n) is 7.28. The largest absolute Gasteiger partial charge is 0.444 e. The number of fused-ring (bicyclic) bond motifs is 1. The lowest BCUT2D eigenvalue weighted by Crippen LogP contribution is -2.40. The number of nitrogens with zero attached hydrogens (tertiary/aromatic N) is 3. The van der Waals surface area contributed by atoms with Crippen LogP contribution in [0.4, 0.5) is 4.79 Å². The van der Waals surface area contributed by atoms with Crippen LogP contribution in [0.2, 0.25) is 0 Å². The number of amides is 1. The van der Waals surface area contributed by atoms with Gasteiger partial charge in [-0.15, -0.1) is 11.3 Å². The molecule has 0 aromatic carbocycles. The van der Waals surface area contributed by atoms with Crippen LogP contribution < -0.4 is 0 Å². The molecule has 6 heteroatoms. The van der Waals surface area contributed by atoms with Gasteiger partial charge in [-0.25, -0.2) is 9.78 Å². The Bertz CT molecular complexity index is 677. The fraction of sp³-hybridized carbons (Fsp3) is 0.438. The van der Waals surface area contributed by atoms with Crippen molar-refractivity contribution < 1.29 is 9.53 Å². The summed E-state index contributed by atoms with van der Waals surface area (Å²) in [6.45, 7) is 6.82. The zero-order valence-corrected chi connectivity index (χ0v) is 13.8. The van der Waals surface area contributed by atoms with E-state index < -0.39 is 5.60 Å². The minimum absolute atomic E-state index is 0.266. The van der Waals surface area contributed by atoms with E-state index in [0.717, 1.165) is 28.2 Å². The van der Waals surface area contributed by atoms with E-state index >= 15 is 0 Å². The molecule has 116 valence electrons. The summed E-state index contributed by atoms with van der Waals surface area (Å²) in [6, 6.07) is 2.08. The quantitative estimate of drug-likeness (QED) is 0.808. The summed E-state index contributed by atoms with van der Waals surface area (Å²) in [4.78, 5) is 22.8. The molecule has 0 radical (unpaired) electrons. The number of carbonyl (C=O) groups excluding carboxylic acids is 1. The molecule has 0 spiro atoms. The molecule has 0 saturated carbocycles. The maximum atomic E-state index is 12.2. The topological polar surface area (TPSA) is 55.3 Å². The monoisotopic (exact) mass is 317 g/mol. The Hall–Kier alpha value is -1.95. The van der Waals surface area contributed by atoms with Gasteiger partial charge in [0.25, 0.3) is 0 Å². The van der Waals surface area contributed by atoms with Gasteiger partial charge in [-0.2, -0.15) is 0 Å². The molecule has 0 unspecified atom stereocenters. The van der Waals surface area contributed by atoms with Gasteiger partial charge < -0.3 is 9.64 Å². The van der Waals surface area contributed by atoms with Crippen LogP contribution in [-0.4, -0.2) is 33.1 Å². The Morgan fingerprint density at radius 1 is 1.36 bits per heavy atom. The highest BCUT2D eigenvalue weighted by atomic mass is 32.1. The molecule has 0 atom stereocenters. The average molecular weight is 317 g/mol. The van der Waals surface area contributed by atoms with Crippen molar-refractivity contribution in [1.82, 2.24) is 14.9 Å². The molecule has 3 heterocycles. The molecule has 0 saturated heterocycles. The molecular weight excluding hydrogens is 298 g/mol. The highest BCUT2D eigenvalue weighted by molar-refractivity contribution is 7.13. The normalized spacial score (nSPS) is 14.6. The zero-order valence-electron chi connectivity index (χ0n) is 13.0. The molecule has 0 fully saturated rings. The molecule has 1 aliphatic rings. The van der Waals surface area contributed by atoms with Crippen LogP contribution in [0, 0.1) is 0 Å². The van der Waals surface area contributed by atoms with Crippen molar-refractivity contribution in [3.05, 3.63) is 35.1 Å². The fourth-order valence-corrected chi connectivity index (χ4v) is 3.01. The third kappa shape index (κ3) is 3.27. The summed E-state index contributed by atoms with van der Waals surface area (Å²) in [6.07, 6.45) is 4.14. The first kappa shape index (κ1) is 15.0.